The molecular formula is C17H22N4. The summed E-state index contributed by atoms with van der Waals surface area (Å²) >= 11 is 0. The van der Waals surface area contributed by atoms with Gasteiger partial charge in [-0.25, -0.2) is 0 Å². The zero-order chi connectivity index (χ0) is 14.7. The van der Waals surface area contributed by atoms with Gasteiger partial charge in [0.05, 0.1) is 17.6 Å². The number of benzene rings is 1. The molecule has 21 heavy (non-hydrogen) atoms. The molecular weight excluding hydrogens is 260 g/mol. The van der Waals surface area contributed by atoms with E-state index in [1.165, 1.54) is 29.7 Å². The van der Waals surface area contributed by atoms with Crippen LogP contribution in [0.25, 0.3) is 0 Å². The van der Waals surface area contributed by atoms with Gasteiger partial charge in [0.1, 0.15) is 0 Å². The van der Waals surface area contributed by atoms with Gasteiger partial charge in [0.2, 0.25) is 0 Å². The average Bonchev–Trinajstić information content (AvgIpc) is 2.53. The topological polar surface area (TPSA) is 40.2 Å². The quantitative estimate of drug-likeness (QED) is 0.904. The van der Waals surface area contributed by atoms with Gasteiger partial charge in [-0.3, -0.25) is 4.98 Å². The Morgan fingerprint density at radius 3 is 3.05 bits per heavy atom. The van der Waals surface area contributed by atoms with Crippen LogP contribution in [-0.2, 0) is 13.0 Å². The van der Waals surface area contributed by atoms with Crippen LogP contribution >= 0.6 is 0 Å². The van der Waals surface area contributed by atoms with E-state index in [0.29, 0.717) is 0 Å². The number of fused-ring (bicyclic) bond motifs is 1. The van der Waals surface area contributed by atoms with E-state index in [9.17, 15) is 0 Å². The normalized spacial score (nSPS) is 13.2. The van der Waals surface area contributed by atoms with E-state index in [-0.39, 0.29) is 0 Å². The van der Waals surface area contributed by atoms with Crippen LogP contribution in [0.2, 0.25) is 0 Å². The summed E-state index contributed by atoms with van der Waals surface area (Å²) in [5, 5.41) is 7.06. The molecule has 0 saturated carbocycles. The highest BCUT2D eigenvalue weighted by atomic mass is 15.1. The molecule has 1 aromatic heterocycles. The Kier molecular flexibility index (Phi) is 3.95. The standard InChI is InChI=1S/C17H22N4/c1-21(2)16-8-10-18-12-15(16)20-11-14-6-3-5-13-7-4-9-19-17(13)14/h3,5-6,8,10,12,19-20H,4,7,9,11H2,1-2H3. The van der Waals surface area contributed by atoms with Crippen molar-refractivity contribution in [3.05, 3.63) is 47.8 Å². The van der Waals surface area contributed by atoms with E-state index in [1.54, 1.807) is 0 Å². The fourth-order valence-corrected chi connectivity index (χ4v) is 2.83. The van der Waals surface area contributed by atoms with Gasteiger partial charge in [0.25, 0.3) is 0 Å². The molecule has 110 valence electrons. The Morgan fingerprint density at radius 2 is 2.19 bits per heavy atom. The fourth-order valence-electron chi connectivity index (χ4n) is 2.83. The third-order valence-corrected chi connectivity index (χ3v) is 3.91. The summed E-state index contributed by atoms with van der Waals surface area (Å²) in [5.74, 6) is 0. The molecule has 0 atom stereocenters. The van der Waals surface area contributed by atoms with Gasteiger partial charge in [0.15, 0.2) is 0 Å². The molecule has 0 saturated heterocycles. The van der Waals surface area contributed by atoms with Gasteiger partial charge in [-0.15, -0.1) is 0 Å². The van der Waals surface area contributed by atoms with E-state index >= 15 is 0 Å². The third-order valence-electron chi connectivity index (χ3n) is 3.91. The zero-order valence-corrected chi connectivity index (χ0v) is 12.7. The van der Waals surface area contributed by atoms with Crippen LogP contribution in [0, 0.1) is 0 Å². The second kappa shape index (κ2) is 6.04. The van der Waals surface area contributed by atoms with Crippen LogP contribution in [0.4, 0.5) is 17.1 Å². The van der Waals surface area contributed by atoms with Crippen molar-refractivity contribution < 1.29 is 0 Å². The number of pyridine rings is 1. The molecule has 2 aromatic rings. The summed E-state index contributed by atoms with van der Waals surface area (Å²) in [4.78, 5) is 6.32. The van der Waals surface area contributed by atoms with E-state index in [0.717, 1.165) is 24.5 Å². The SMILES string of the molecule is CN(C)c1ccncc1NCc1cccc2c1NCCC2. The van der Waals surface area contributed by atoms with E-state index in [1.807, 2.05) is 32.6 Å². The van der Waals surface area contributed by atoms with Gasteiger partial charge in [-0.2, -0.15) is 0 Å². The molecule has 1 aliphatic heterocycles. The molecule has 4 heteroatoms. The first-order valence-electron chi connectivity index (χ1n) is 7.45. The molecule has 2 heterocycles. The number of aryl methyl sites for hydroxylation is 1. The minimum absolute atomic E-state index is 0.808. The minimum Gasteiger partial charge on any atom is -0.385 e. The van der Waals surface area contributed by atoms with Crippen molar-refractivity contribution in [3.8, 4) is 0 Å². The van der Waals surface area contributed by atoms with Crippen LogP contribution in [-0.4, -0.2) is 25.6 Å². The molecule has 3 rings (SSSR count). The van der Waals surface area contributed by atoms with Crippen molar-refractivity contribution in [1.82, 2.24) is 4.98 Å². The molecule has 4 nitrogen and oxygen atoms in total. The van der Waals surface area contributed by atoms with Gasteiger partial charge in [-0.1, -0.05) is 18.2 Å². The Balaban J connectivity index is 1.80. The average molecular weight is 282 g/mol. The number of hydrogen-bond acceptors (Lipinski definition) is 4. The molecule has 0 bridgehead atoms. The lowest BCUT2D eigenvalue weighted by atomic mass is 9.99. The Hall–Kier alpha value is -2.23. The highest BCUT2D eigenvalue weighted by Crippen LogP contribution is 2.28. The van der Waals surface area contributed by atoms with Crippen LogP contribution in [0.1, 0.15) is 17.5 Å². The lowest BCUT2D eigenvalue weighted by Crippen LogP contribution is -2.16. The van der Waals surface area contributed by atoms with Crippen molar-refractivity contribution in [2.24, 2.45) is 0 Å². The van der Waals surface area contributed by atoms with Crippen molar-refractivity contribution in [2.45, 2.75) is 19.4 Å². The second-order valence-corrected chi connectivity index (χ2v) is 5.62. The summed E-state index contributed by atoms with van der Waals surface area (Å²) < 4.78 is 0. The van der Waals surface area contributed by atoms with E-state index in [2.05, 4.69) is 38.7 Å². The number of aromatic nitrogens is 1. The van der Waals surface area contributed by atoms with Crippen LogP contribution in [0.15, 0.2) is 36.7 Å². The molecule has 0 radical (unpaired) electrons. The molecule has 0 fully saturated rings. The molecule has 0 unspecified atom stereocenters. The van der Waals surface area contributed by atoms with E-state index < -0.39 is 0 Å². The number of para-hydroxylation sites is 1. The Labute approximate surface area is 126 Å². The summed E-state index contributed by atoms with van der Waals surface area (Å²) in [6.07, 6.45) is 6.11. The predicted octanol–water partition coefficient (Wildman–Crippen LogP) is 3.12. The first kappa shape index (κ1) is 13.7. The summed E-state index contributed by atoms with van der Waals surface area (Å²) in [5.41, 5.74) is 6.28. The molecule has 2 N–H and O–H groups in total. The van der Waals surface area contributed by atoms with Crippen molar-refractivity contribution in [1.29, 1.82) is 0 Å². The molecule has 0 spiro atoms. The Bertz CT molecular complexity index is 622. The number of anilines is 3. The van der Waals surface area contributed by atoms with Crippen molar-refractivity contribution >= 4 is 17.1 Å². The van der Waals surface area contributed by atoms with Crippen LogP contribution in [0.3, 0.4) is 0 Å². The van der Waals surface area contributed by atoms with Crippen molar-refractivity contribution in [3.63, 3.8) is 0 Å². The van der Waals surface area contributed by atoms with Gasteiger partial charge >= 0.3 is 0 Å². The van der Waals surface area contributed by atoms with Gasteiger partial charge in [-0.05, 0) is 30.0 Å². The van der Waals surface area contributed by atoms with Crippen LogP contribution < -0.4 is 15.5 Å². The van der Waals surface area contributed by atoms with Crippen LogP contribution in [0.5, 0.6) is 0 Å². The highest BCUT2D eigenvalue weighted by Gasteiger charge is 2.12. The summed E-state index contributed by atoms with van der Waals surface area (Å²) in [6, 6.07) is 8.59. The number of rotatable bonds is 4. The maximum atomic E-state index is 4.22. The second-order valence-electron chi connectivity index (χ2n) is 5.62. The molecule has 0 aliphatic carbocycles. The first-order valence-corrected chi connectivity index (χ1v) is 7.45. The maximum absolute atomic E-state index is 4.22. The summed E-state index contributed by atoms with van der Waals surface area (Å²) in [7, 11) is 4.10. The highest BCUT2D eigenvalue weighted by molar-refractivity contribution is 5.69. The first-order chi connectivity index (χ1) is 10.3. The molecule has 1 aromatic carbocycles. The predicted molar refractivity (Wildman–Crippen MR) is 89.1 cm³/mol. The number of hydrogen-bond donors (Lipinski definition) is 2. The number of nitrogens with zero attached hydrogens (tertiary/aromatic N) is 2. The zero-order valence-electron chi connectivity index (χ0n) is 12.7. The third kappa shape index (κ3) is 2.94. The molecule has 1 aliphatic rings. The van der Waals surface area contributed by atoms with Gasteiger partial charge < -0.3 is 15.5 Å². The Morgan fingerprint density at radius 1 is 1.29 bits per heavy atom. The largest absolute Gasteiger partial charge is 0.385 e. The molecule has 0 amide bonds. The fraction of sp³-hybridized carbons (Fsp3) is 0.353. The summed E-state index contributed by atoms with van der Waals surface area (Å²) in [6.45, 7) is 1.88. The minimum atomic E-state index is 0.808. The van der Waals surface area contributed by atoms with E-state index in [4.69, 9.17) is 0 Å². The lowest BCUT2D eigenvalue weighted by Gasteiger charge is -2.22. The monoisotopic (exact) mass is 282 g/mol. The smallest absolute Gasteiger partial charge is 0.0766 e. The van der Waals surface area contributed by atoms with Crippen molar-refractivity contribution in [2.75, 3.05) is 36.2 Å². The number of nitrogens with one attached hydrogen (secondary N) is 2. The lowest BCUT2D eigenvalue weighted by molar-refractivity contribution is 0.825. The van der Waals surface area contributed by atoms with Gasteiger partial charge in [0, 0.05) is 39.1 Å². The maximum Gasteiger partial charge on any atom is 0.0766 e.